The molecule has 2 rings (SSSR count). The predicted octanol–water partition coefficient (Wildman–Crippen LogP) is 1.42. The third kappa shape index (κ3) is 3.54. The molecule has 5 heteroatoms. The van der Waals surface area contributed by atoms with Crippen LogP contribution in [0.25, 0.3) is 0 Å². The summed E-state index contributed by atoms with van der Waals surface area (Å²) < 4.78 is 26.9. The minimum absolute atomic E-state index is 0.262. The van der Waals surface area contributed by atoms with E-state index in [1.165, 1.54) is 12.8 Å². The lowest BCUT2D eigenvalue weighted by Gasteiger charge is -2.23. The molecule has 1 aliphatic heterocycles. The van der Waals surface area contributed by atoms with E-state index in [0.29, 0.717) is 11.4 Å². The molecule has 1 fully saturated rings. The average Bonchev–Trinajstić information content (AvgIpc) is 2.38. The van der Waals surface area contributed by atoms with Gasteiger partial charge in [-0.3, -0.25) is 0 Å². The highest BCUT2D eigenvalue weighted by Gasteiger charge is 2.18. The summed E-state index contributed by atoms with van der Waals surface area (Å²) in [6.45, 7) is 3.34. The molecule has 0 amide bonds. The van der Waals surface area contributed by atoms with Gasteiger partial charge in [0.1, 0.15) is 0 Å². The summed E-state index contributed by atoms with van der Waals surface area (Å²) in [5.41, 5.74) is 0.952. The Morgan fingerprint density at radius 2 is 2.22 bits per heavy atom. The molecule has 1 heterocycles. The fraction of sp³-hybridized carbons (Fsp3) is 0.538. The van der Waals surface area contributed by atoms with E-state index in [0.717, 1.165) is 18.5 Å². The van der Waals surface area contributed by atoms with Crippen molar-refractivity contribution in [3.63, 3.8) is 0 Å². The van der Waals surface area contributed by atoms with Crippen LogP contribution in [0.5, 0.6) is 0 Å². The van der Waals surface area contributed by atoms with Crippen LogP contribution in [-0.2, 0) is 10.0 Å². The summed E-state index contributed by atoms with van der Waals surface area (Å²) in [7, 11) is -3.37. The molecule has 1 aromatic rings. The number of aryl methyl sites for hydroxylation is 1. The van der Waals surface area contributed by atoms with Gasteiger partial charge in [0, 0.05) is 12.6 Å². The molecule has 0 aliphatic carbocycles. The van der Waals surface area contributed by atoms with Gasteiger partial charge < -0.3 is 5.32 Å². The Morgan fingerprint density at radius 3 is 2.89 bits per heavy atom. The maximum atomic E-state index is 12.1. The fourth-order valence-electron chi connectivity index (χ4n) is 2.17. The third-order valence-electron chi connectivity index (χ3n) is 3.23. The first-order chi connectivity index (χ1) is 8.58. The first kappa shape index (κ1) is 13.5. The molecule has 1 saturated heterocycles. The van der Waals surface area contributed by atoms with Crippen LogP contribution in [0.4, 0.5) is 0 Å². The van der Waals surface area contributed by atoms with Gasteiger partial charge >= 0.3 is 0 Å². The van der Waals surface area contributed by atoms with Crippen molar-refractivity contribution in [2.75, 3.05) is 13.1 Å². The summed E-state index contributed by atoms with van der Waals surface area (Å²) in [5, 5.41) is 3.33. The molecule has 1 atom stereocenters. The molecule has 0 radical (unpaired) electrons. The molecule has 18 heavy (non-hydrogen) atoms. The van der Waals surface area contributed by atoms with Crippen LogP contribution in [-0.4, -0.2) is 27.5 Å². The highest BCUT2D eigenvalue weighted by atomic mass is 32.2. The van der Waals surface area contributed by atoms with Crippen LogP contribution in [0.1, 0.15) is 24.8 Å². The van der Waals surface area contributed by atoms with Crippen molar-refractivity contribution < 1.29 is 8.42 Å². The molecule has 1 aliphatic rings. The van der Waals surface area contributed by atoms with Gasteiger partial charge in [0.15, 0.2) is 0 Å². The normalized spacial score (nSPS) is 20.8. The van der Waals surface area contributed by atoms with Crippen molar-refractivity contribution in [3.05, 3.63) is 29.8 Å². The molecule has 1 unspecified atom stereocenters. The number of hydrogen-bond acceptors (Lipinski definition) is 3. The monoisotopic (exact) mass is 268 g/mol. The summed E-state index contributed by atoms with van der Waals surface area (Å²) >= 11 is 0. The second kappa shape index (κ2) is 5.82. The molecular formula is C13H20N2O2S. The Bertz CT molecular complexity index is 493. The van der Waals surface area contributed by atoms with E-state index in [4.69, 9.17) is 0 Å². The molecular weight excluding hydrogens is 248 g/mol. The summed E-state index contributed by atoms with van der Waals surface area (Å²) in [6, 6.07) is 7.24. The minimum Gasteiger partial charge on any atom is -0.313 e. The lowest BCUT2D eigenvalue weighted by Crippen LogP contribution is -2.43. The quantitative estimate of drug-likeness (QED) is 0.868. The second-order valence-electron chi connectivity index (χ2n) is 4.82. The van der Waals surface area contributed by atoms with E-state index in [1.807, 2.05) is 13.0 Å². The average molecular weight is 268 g/mol. The van der Waals surface area contributed by atoms with Gasteiger partial charge in [-0.15, -0.1) is 0 Å². The molecule has 0 bridgehead atoms. The fourth-order valence-corrected chi connectivity index (χ4v) is 3.36. The molecule has 0 spiro atoms. The molecule has 1 aromatic carbocycles. The second-order valence-corrected chi connectivity index (χ2v) is 6.58. The van der Waals surface area contributed by atoms with Gasteiger partial charge in [-0.2, -0.15) is 0 Å². The highest BCUT2D eigenvalue weighted by Crippen LogP contribution is 2.11. The topological polar surface area (TPSA) is 58.2 Å². The molecule has 0 aromatic heterocycles. The van der Waals surface area contributed by atoms with Crippen molar-refractivity contribution in [3.8, 4) is 0 Å². The van der Waals surface area contributed by atoms with Crippen LogP contribution >= 0.6 is 0 Å². The van der Waals surface area contributed by atoms with Gasteiger partial charge in [0.05, 0.1) is 4.90 Å². The Balaban J connectivity index is 1.98. The van der Waals surface area contributed by atoms with Crippen LogP contribution in [0.2, 0.25) is 0 Å². The van der Waals surface area contributed by atoms with Crippen LogP contribution in [0, 0.1) is 6.92 Å². The zero-order chi connectivity index (χ0) is 13.0. The zero-order valence-corrected chi connectivity index (χ0v) is 11.5. The number of nitrogens with one attached hydrogen (secondary N) is 2. The van der Waals surface area contributed by atoms with E-state index < -0.39 is 10.0 Å². The van der Waals surface area contributed by atoms with Crippen molar-refractivity contribution in [1.29, 1.82) is 0 Å². The van der Waals surface area contributed by atoms with Crippen LogP contribution < -0.4 is 10.0 Å². The van der Waals surface area contributed by atoms with E-state index in [1.54, 1.807) is 18.2 Å². The van der Waals surface area contributed by atoms with Crippen LogP contribution in [0.3, 0.4) is 0 Å². The smallest absolute Gasteiger partial charge is 0.240 e. The van der Waals surface area contributed by atoms with E-state index in [9.17, 15) is 8.42 Å². The summed E-state index contributed by atoms with van der Waals surface area (Å²) in [6.07, 6.45) is 3.39. The Morgan fingerprint density at radius 1 is 1.39 bits per heavy atom. The SMILES string of the molecule is Cc1cccc(S(=O)(=O)NCC2CCCCN2)c1. The van der Waals surface area contributed by atoms with E-state index in [-0.39, 0.29) is 6.04 Å². The van der Waals surface area contributed by atoms with Crippen molar-refractivity contribution in [1.82, 2.24) is 10.0 Å². The van der Waals surface area contributed by atoms with Gasteiger partial charge in [-0.1, -0.05) is 18.6 Å². The van der Waals surface area contributed by atoms with Crippen molar-refractivity contribution in [2.45, 2.75) is 37.1 Å². The first-order valence-corrected chi connectivity index (χ1v) is 7.86. The first-order valence-electron chi connectivity index (χ1n) is 6.38. The van der Waals surface area contributed by atoms with Crippen LogP contribution in [0.15, 0.2) is 29.2 Å². The third-order valence-corrected chi connectivity index (χ3v) is 4.65. The van der Waals surface area contributed by atoms with E-state index in [2.05, 4.69) is 10.0 Å². The maximum Gasteiger partial charge on any atom is 0.240 e. The molecule has 2 N–H and O–H groups in total. The highest BCUT2D eigenvalue weighted by molar-refractivity contribution is 7.89. The van der Waals surface area contributed by atoms with Gasteiger partial charge in [-0.25, -0.2) is 13.1 Å². The standard InChI is InChI=1S/C13H20N2O2S/c1-11-5-4-7-13(9-11)18(16,17)15-10-12-6-2-3-8-14-12/h4-5,7,9,12,14-15H,2-3,6,8,10H2,1H3. The largest absolute Gasteiger partial charge is 0.313 e. The number of rotatable bonds is 4. The molecule has 100 valence electrons. The van der Waals surface area contributed by atoms with Gasteiger partial charge in [0.25, 0.3) is 0 Å². The predicted molar refractivity (Wildman–Crippen MR) is 72.0 cm³/mol. The van der Waals surface area contributed by atoms with Gasteiger partial charge in [-0.05, 0) is 44.0 Å². The maximum absolute atomic E-state index is 12.1. The summed E-state index contributed by atoms with van der Waals surface area (Å²) in [4.78, 5) is 0.346. The minimum atomic E-state index is -3.37. The number of sulfonamides is 1. The Hall–Kier alpha value is -0.910. The number of benzene rings is 1. The van der Waals surface area contributed by atoms with Crippen molar-refractivity contribution >= 4 is 10.0 Å². The van der Waals surface area contributed by atoms with Gasteiger partial charge in [0.2, 0.25) is 10.0 Å². The Kier molecular flexibility index (Phi) is 4.37. The number of piperidine rings is 1. The number of hydrogen-bond donors (Lipinski definition) is 2. The molecule has 4 nitrogen and oxygen atoms in total. The molecule has 0 saturated carbocycles. The lowest BCUT2D eigenvalue weighted by molar-refractivity contribution is 0.398. The summed E-state index contributed by atoms with van der Waals surface area (Å²) in [5.74, 6) is 0. The zero-order valence-electron chi connectivity index (χ0n) is 10.6. The Labute approximate surface area is 109 Å². The lowest BCUT2D eigenvalue weighted by atomic mass is 10.1. The van der Waals surface area contributed by atoms with Crippen molar-refractivity contribution in [2.24, 2.45) is 0 Å². The van der Waals surface area contributed by atoms with E-state index >= 15 is 0 Å².